The molecule has 4 heteroatoms. The van der Waals surface area contributed by atoms with Gasteiger partial charge in [-0.15, -0.1) is 0 Å². The van der Waals surface area contributed by atoms with Crippen molar-refractivity contribution in [2.24, 2.45) is 0 Å². The Hall–Kier alpha value is -2.39. The van der Waals surface area contributed by atoms with E-state index in [-0.39, 0.29) is 5.02 Å². The predicted octanol–water partition coefficient (Wildman–Crippen LogP) is 5.70. The number of benzene rings is 2. The summed E-state index contributed by atoms with van der Waals surface area (Å²) in [4.78, 5) is 4.38. The number of aromatic nitrogens is 1. The molecule has 0 aliphatic carbocycles. The van der Waals surface area contributed by atoms with Crippen LogP contribution in [0.25, 0.3) is 11.1 Å². The molecule has 0 radical (unpaired) electrons. The first-order valence-corrected chi connectivity index (χ1v) is 8.54. The molecule has 0 spiro atoms. The van der Waals surface area contributed by atoms with Crippen LogP contribution < -0.4 is 4.74 Å². The number of aryl methyl sites for hydroxylation is 1. The van der Waals surface area contributed by atoms with Gasteiger partial charge in [-0.2, -0.15) is 0 Å². The van der Waals surface area contributed by atoms with Gasteiger partial charge in [-0.25, -0.2) is 9.37 Å². The normalized spacial score (nSPS) is 10.7. The van der Waals surface area contributed by atoms with Crippen molar-refractivity contribution in [3.05, 3.63) is 82.3 Å². The van der Waals surface area contributed by atoms with Gasteiger partial charge in [-0.1, -0.05) is 48.9 Å². The van der Waals surface area contributed by atoms with Gasteiger partial charge in [-0.05, 0) is 53.3 Å². The summed E-state index contributed by atoms with van der Waals surface area (Å²) in [5, 5.41) is 0.0999. The van der Waals surface area contributed by atoms with Gasteiger partial charge in [0.2, 0.25) is 5.88 Å². The fraction of sp³-hybridized carbons (Fsp3) is 0.190. The Labute approximate surface area is 152 Å². The molecular formula is C21H19ClFNO. The molecule has 3 aromatic rings. The lowest BCUT2D eigenvalue weighted by Crippen LogP contribution is -1.96. The molecule has 0 atom stereocenters. The first-order chi connectivity index (χ1) is 12.1. The van der Waals surface area contributed by atoms with Gasteiger partial charge < -0.3 is 4.74 Å². The van der Waals surface area contributed by atoms with Crippen LogP contribution in [0.5, 0.6) is 5.88 Å². The average molecular weight is 356 g/mol. The highest BCUT2D eigenvalue weighted by atomic mass is 35.5. The number of halogens is 2. The topological polar surface area (TPSA) is 22.1 Å². The van der Waals surface area contributed by atoms with Crippen molar-refractivity contribution in [2.45, 2.75) is 19.8 Å². The summed E-state index contributed by atoms with van der Waals surface area (Å²) in [5.41, 5.74) is 5.00. The third-order valence-electron chi connectivity index (χ3n) is 4.17. The summed E-state index contributed by atoms with van der Waals surface area (Å²) in [6, 6.07) is 15.2. The zero-order valence-corrected chi connectivity index (χ0v) is 15.0. The summed E-state index contributed by atoms with van der Waals surface area (Å²) < 4.78 is 19.2. The van der Waals surface area contributed by atoms with E-state index in [4.69, 9.17) is 16.3 Å². The minimum atomic E-state index is -0.457. The molecule has 0 aliphatic rings. The second-order valence-electron chi connectivity index (χ2n) is 5.88. The van der Waals surface area contributed by atoms with E-state index in [0.29, 0.717) is 11.4 Å². The molecule has 0 saturated carbocycles. The highest BCUT2D eigenvalue weighted by molar-refractivity contribution is 6.30. The second-order valence-corrected chi connectivity index (χ2v) is 6.28. The molecule has 0 amide bonds. The first-order valence-electron chi connectivity index (χ1n) is 8.17. The maximum Gasteiger partial charge on any atom is 0.221 e. The molecule has 2 nitrogen and oxygen atoms in total. The van der Waals surface area contributed by atoms with E-state index in [0.717, 1.165) is 24.0 Å². The molecule has 0 aliphatic heterocycles. The Balaban J connectivity index is 1.94. The predicted molar refractivity (Wildman–Crippen MR) is 99.8 cm³/mol. The molecule has 0 N–H and O–H groups in total. The zero-order valence-electron chi connectivity index (χ0n) is 14.2. The van der Waals surface area contributed by atoms with Crippen molar-refractivity contribution < 1.29 is 9.13 Å². The third-order valence-corrected chi connectivity index (χ3v) is 4.48. The molecule has 0 fully saturated rings. The molecular weight excluding hydrogens is 337 g/mol. The van der Waals surface area contributed by atoms with Crippen LogP contribution in [0.1, 0.15) is 23.6 Å². The lowest BCUT2D eigenvalue weighted by Gasteiger charge is -2.11. The summed E-state index contributed by atoms with van der Waals surface area (Å²) in [6.45, 7) is 2.14. The molecule has 1 aromatic heterocycles. The Bertz CT molecular complexity index is 878. The third kappa shape index (κ3) is 3.99. The second kappa shape index (κ2) is 7.66. The number of pyridine rings is 1. The monoisotopic (exact) mass is 355 g/mol. The smallest absolute Gasteiger partial charge is 0.221 e. The van der Waals surface area contributed by atoms with Gasteiger partial charge in [-0.3, -0.25) is 0 Å². The summed E-state index contributed by atoms with van der Waals surface area (Å²) in [5.74, 6) is 0.00794. The SMILES string of the molecule is CCc1ccc(Cc2cnc(OC)c(-c3ccc(Cl)c(F)c3)c2)cc1. The van der Waals surface area contributed by atoms with Crippen LogP contribution >= 0.6 is 11.6 Å². The number of methoxy groups -OCH3 is 1. The van der Waals surface area contributed by atoms with E-state index < -0.39 is 5.82 Å². The number of rotatable bonds is 5. The first kappa shape index (κ1) is 17.4. The highest BCUT2D eigenvalue weighted by Crippen LogP contribution is 2.31. The van der Waals surface area contributed by atoms with Crippen molar-refractivity contribution in [1.82, 2.24) is 4.98 Å². The number of ether oxygens (including phenoxy) is 1. The van der Waals surface area contributed by atoms with Gasteiger partial charge in [0, 0.05) is 11.8 Å². The van der Waals surface area contributed by atoms with Crippen molar-refractivity contribution in [2.75, 3.05) is 7.11 Å². The standard InChI is InChI=1S/C21H19ClFNO/c1-3-14-4-6-15(7-5-14)10-16-11-18(21(25-2)24-13-16)17-8-9-19(22)20(23)12-17/h4-9,11-13H,3,10H2,1-2H3. The largest absolute Gasteiger partial charge is 0.481 e. The highest BCUT2D eigenvalue weighted by Gasteiger charge is 2.11. The molecule has 0 saturated heterocycles. The Kier molecular flexibility index (Phi) is 5.34. The van der Waals surface area contributed by atoms with Crippen LogP contribution in [0.3, 0.4) is 0 Å². The molecule has 0 bridgehead atoms. The molecule has 128 valence electrons. The van der Waals surface area contributed by atoms with E-state index in [1.807, 2.05) is 6.07 Å². The van der Waals surface area contributed by atoms with E-state index in [9.17, 15) is 4.39 Å². The fourth-order valence-electron chi connectivity index (χ4n) is 2.75. The minimum absolute atomic E-state index is 0.0999. The zero-order chi connectivity index (χ0) is 17.8. The molecule has 1 heterocycles. The Morgan fingerprint density at radius 1 is 1.00 bits per heavy atom. The lowest BCUT2D eigenvalue weighted by molar-refractivity contribution is 0.399. The van der Waals surface area contributed by atoms with Crippen LogP contribution in [-0.2, 0) is 12.8 Å². The van der Waals surface area contributed by atoms with E-state index in [1.54, 1.807) is 25.4 Å². The van der Waals surface area contributed by atoms with Crippen LogP contribution in [0.2, 0.25) is 5.02 Å². The van der Waals surface area contributed by atoms with Gasteiger partial charge >= 0.3 is 0 Å². The van der Waals surface area contributed by atoms with E-state index >= 15 is 0 Å². The lowest BCUT2D eigenvalue weighted by atomic mass is 10.0. The summed E-state index contributed by atoms with van der Waals surface area (Å²) in [7, 11) is 1.56. The Morgan fingerprint density at radius 3 is 2.36 bits per heavy atom. The molecule has 0 unspecified atom stereocenters. The quantitative estimate of drug-likeness (QED) is 0.585. The maximum atomic E-state index is 13.8. The Morgan fingerprint density at radius 2 is 1.72 bits per heavy atom. The van der Waals surface area contributed by atoms with Crippen molar-refractivity contribution in [1.29, 1.82) is 0 Å². The molecule has 2 aromatic carbocycles. The maximum absolute atomic E-state index is 13.8. The minimum Gasteiger partial charge on any atom is -0.481 e. The number of nitrogens with zero attached hydrogens (tertiary/aromatic N) is 1. The average Bonchev–Trinajstić information content (AvgIpc) is 2.64. The van der Waals surface area contributed by atoms with E-state index in [1.165, 1.54) is 17.2 Å². The van der Waals surface area contributed by atoms with Gasteiger partial charge in [0.05, 0.1) is 12.1 Å². The van der Waals surface area contributed by atoms with Crippen molar-refractivity contribution >= 4 is 11.6 Å². The molecule has 25 heavy (non-hydrogen) atoms. The van der Waals surface area contributed by atoms with Crippen LogP contribution in [-0.4, -0.2) is 12.1 Å². The van der Waals surface area contributed by atoms with Gasteiger partial charge in [0.25, 0.3) is 0 Å². The fourth-order valence-corrected chi connectivity index (χ4v) is 2.87. The summed E-state index contributed by atoms with van der Waals surface area (Å²) in [6.07, 6.45) is 3.57. The summed E-state index contributed by atoms with van der Waals surface area (Å²) >= 11 is 5.78. The molecule has 3 rings (SSSR count). The van der Waals surface area contributed by atoms with Crippen LogP contribution in [0, 0.1) is 5.82 Å². The van der Waals surface area contributed by atoms with Crippen LogP contribution in [0.4, 0.5) is 4.39 Å². The van der Waals surface area contributed by atoms with Crippen molar-refractivity contribution in [3.8, 4) is 17.0 Å². The number of hydrogen-bond donors (Lipinski definition) is 0. The van der Waals surface area contributed by atoms with Gasteiger partial charge in [0.15, 0.2) is 0 Å². The van der Waals surface area contributed by atoms with E-state index in [2.05, 4.69) is 36.2 Å². The van der Waals surface area contributed by atoms with Gasteiger partial charge in [0.1, 0.15) is 5.82 Å². The van der Waals surface area contributed by atoms with Crippen LogP contribution in [0.15, 0.2) is 54.7 Å². The van der Waals surface area contributed by atoms with Crippen molar-refractivity contribution in [3.63, 3.8) is 0 Å². The number of hydrogen-bond acceptors (Lipinski definition) is 2.